The molecule has 0 aliphatic heterocycles. The maximum absolute atomic E-state index is 11.9. The summed E-state index contributed by atoms with van der Waals surface area (Å²) in [6.45, 7) is 6.00. The maximum atomic E-state index is 11.9. The Morgan fingerprint density at radius 2 is 2.10 bits per heavy atom. The molecule has 0 aromatic heterocycles. The van der Waals surface area contributed by atoms with Crippen LogP contribution in [0.2, 0.25) is 0 Å². The van der Waals surface area contributed by atoms with Gasteiger partial charge in [-0.15, -0.1) is 0 Å². The minimum absolute atomic E-state index is 0.151. The van der Waals surface area contributed by atoms with E-state index < -0.39 is 6.10 Å². The van der Waals surface area contributed by atoms with Crippen LogP contribution in [-0.4, -0.2) is 29.8 Å². The molecule has 0 aliphatic carbocycles. The van der Waals surface area contributed by atoms with E-state index in [2.05, 4.69) is 21.2 Å². The summed E-state index contributed by atoms with van der Waals surface area (Å²) < 4.78 is 6.49. The smallest absolute Gasteiger partial charge is 0.260 e. The Morgan fingerprint density at radius 1 is 1.40 bits per heavy atom. The average Bonchev–Trinajstić information content (AvgIpc) is 2.35. The summed E-state index contributed by atoms with van der Waals surface area (Å²) in [6.07, 6.45) is -0.235. The van der Waals surface area contributed by atoms with E-state index in [1.54, 1.807) is 13.8 Å². The largest absolute Gasteiger partial charge is 0.481 e. The second-order valence-electron chi connectivity index (χ2n) is 5.15. The van der Waals surface area contributed by atoms with Crippen molar-refractivity contribution in [3.63, 3.8) is 0 Å². The van der Waals surface area contributed by atoms with Crippen LogP contribution >= 0.6 is 15.9 Å². The number of halogens is 1. The van der Waals surface area contributed by atoms with Crippen molar-refractivity contribution < 1.29 is 14.6 Å². The van der Waals surface area contributed by atoms with Crippen LogP contribution in [0.25, 0.3) is 0 Å². The zero-order valence-electron chi connectivity index (χ0n) is 12.1. The number of carbonyl (C=O) groups excluding carboxylic acids is 1. The summed E-state index contributed by atoms with van der Waals surface area (Å²) in [7, 11) is 0. The highest BCUT2D eigenvalue weighted by molar-refractivity contribution is 9.10. The number of aliphatic hydroxyl groups excluding tert-OH is 1. The van der Waals surface area contributed by atoms with E-state index in [0.29, 0.717) is 18.7 Å². The molecule has 4 nitrogen and oxygen atoms in total. The molecular weight excluding hydrogens is 322 g/mol. The SMILES string of the molecule is CC(O)CC(C)CNC(=O)C(C)Oc1cccc(Br)c1. The molecule has 0 fully saturated rings. The molecule has 20 heavy (non-hydrogen) atoms. The van der Waals surface area contributed by atoms with Crippen molar-refractivity contribution >= 4 is 21.8 Å². The van der Waals surface area contributed by atoms with Gasteiger partial charge in [0, 0.05) is 11.0 Å². The van der Waals surface area contributed by atoms with Gasteiger partial charge < -0.3 is 15.2 Å². The summed E-state index contributed by atoms with van der Waals surface area (Å²) in [5.41, 5.74) is 0. The zero-order chi connectivity index (χ0) is 15.1. The molecule has 5 heteroatoms. The highest BCUT2D eigenvalue weighted by Crippen LogP contribution is 2.18. The van der Waals surface area contributed by atoms with E-state index in [1.165, 1.54) is 0 Å². The van der Waals surface area contributed by atoms with Gasteiger partial charge in [-0.25, -0.2) is 0 Å². The lowest BCUT2D eigenvalue weighted by atomic mass is 10.0. The Bertz CT molecular complexity index is 437. The van der Waals surface area contributed by atoms with Crippen molar-refractivity contribution in [2.45, 2.75) is 39.4 Å². The first-order valence-corrected chi connectivity index (χ1v) is 7.55. The third-order valence-electron chi connectivity index (χ3n) is 2.85. The van der Waals surface area contributed by atoms with Crippen LogP contribution in [0.3, 0.4) is 0 Å². The lowest BCUT2D eigenvalue weighted by Crippen LogP contribution is -2.38. The quantitative estimate of drug-likeness (QED) is 0.800. The number of amides is 1. The molecule has 0 spiro atoms. The van der Waals surface area contributed by atoms with E-state index in [-0.39, 0.29) is 17.9 Å². The number of hydrogen-bond acceptors (Lipinski definition) is 3. The lowest BCUT2D eigenvalue weighted by Gasteiger charge is -2.18. The van der Waals surface area contributed by atoms with Gasteiger partial charge in [-0.05, 0) is 44.4 Å². The summed E-state index contributed by atoms with van der Waals surface area (Å²) in [4.78, 5) is 11.9. The predicted octanol–water partition coefficient (Wildman–Crippen LogP) is 2.74. The van der Waals surface area contributed by atoms with E-state index in [1.807, 2.05) is 31.2 Å². The van der Waals surface area contributed by atoms with E-state index in [4.69, 9.17) is 4.74 Å². The van der Waals surface area contributed by atoms with Crippen molar-refractivity contribution in [1.29, 1.82) is 0 Å². The molecule has 0 saturated heterocycles. The van der Waals surface area contributed by atoms with E-state index in [9.17, 15) is 9.90 Å². The fourth-order valence-electron chi connectivity index (χ4n) is 1.88. The van der Waals surface area contributed by atoms with E-state index in [0.717, 1.165) is 4.47 Å². The zero-order valence-corrected chi connectivity index (χ0v) is 13.7. The predicted molar refractivity (Wildman–Crippen MR) is 82.7 cm³/mol. The molecule has 1 aromatic rings. The van der Waals surface area contributed by atoms with Gasteiger partial charge in [0.25, 0.3) is 5.91 Å². The Kier molecular flexibility index (Phi) is 7.02. The normalized spacial score (nSPS) is 15.2. The van der Waals surface area contributed by atoms with Crippen LogP contribution in [0, 0.1) is 5.92 Å². The molecular formula is C15H22BrNO3. The molecule has 0 aliphatic rings. The molecule has 112 valence electrons. The van der Waals surface area contributed by atoms with Crippen molar-refractivity contribution in [2.75, 3.05) is 6.54 Å². The van der Waals surface area contributed by atoms with Crippen molar-refractivity contribution in [3.8, 4) is 5.75 Å². The van der Waals surface area contributed by atoms with Gasteiger partial charge in [-0.2, -0.15) is 0 Å². The number of aliphatic hydroxyl groups is 1. The van der Waals surface area contributed by atoms with Crippen LogP contribution < -0.4 is 10.1 Å². The minimum atomic E-state index is -0.553. The molecule has 1 aromatic carbocycles. The molecule has 0 radical (unpaired) electrons. The van der Waals surface area contributed by atoms with Gasteiger partial charge >= 0.3 is 0 Å². The first-order valence-electron chi connectivity index (χ1n) is 6.76. The third kappa shape index (κ3) is 6.39. The molecule has 0 heterocycles. The minimum Gasteiger partial charge on any atom is -0.481 e. The van der Waals surface area contributed by atoms with Crippen molar-refractivity contribution in [1.82, 2.24) is 5.32 Å². The topological polar surface area (TPSA) is 58.6 Å². The number of ether oxygens (including phenoxy) is 1. The van der Waals surface area contributed by atoms with Gasteiger partial charge in [0.2, 0.25) is 0 Å². The summed E-state index contributed by atoms with van der Waals surface area (Å²) in [5, 5.41) is 12.1. The maximum Gasteiger partial charge on any atom is 0.260 e. The van der Waals surface area contributed by atoms with Gasteiger partial charge in [-0.3, -0.25) is 4.79 Å². The Hall–Kier alpha value is -1.07. The number of benzene rings is 1. The van der Waals surface area contributed by atoms with Crippen molar-refractivity contribution in [3.05, 3.63) is 28.7 Å². The Morgan fingerprint density at radius 3 is 2.70 bits per heavy atom. The van der Waals surface area contributed by atoms with Crippen molar-refractivity contribution in [2.24, 2.45) is 5.92 Å². The highest BCUT2D eigenvalue weighted by Gasteiger charge is 2.16. The average molecular weight is 344 g/mol. The first-order chi connectivity index (χ1) is 9.38. The fraction of sp³-hybridized carbons (Fsp3) is 0.533. The molecule has 1 amide bonds. The highest BCUT2D eigenvalue weighted by atomic mass is 79.9. The second kappa shape index (κ2) is 8.27. The molecule has 1 rings (SSSR count). The van der Waals surface area contributed by atoms with Crippen LogP contribution in [0.15, 0.2) is 28.7 Å². The van der Waals surface area contributed by atoms with Crippen LogP contribution in [0.1, 0.15) is 27.2 Å². The van der Waals surface area contributed by atoms with Crippen LogP contribution in [0.5, 0.6) is 5.75 Å². The first kappa shape index (κ1) is 17.0. The number of hydrogen-bond donors (Lipinski definition) is 2. The molecule has 3 unspecified atom stereocenters. The molecule has 3 atom stereocenters. The molecule has 0 bridgehead atoms. The third-order valence-corrected chi connectivity index (χ3v) is 3.34. The second-order valence-corrected chi connectivity index (χ2v) is 6.07. The molecule has 0 saturated carbocycles. The van der Waals surface area contributed by atoms with Gasteiger partial charge in [0.05, 0.1) is 6.10 Å². The Labute approximate surface area is 128 Å². The standard InChI is InChI=1S/C15H22BrNO3/c1-10(7-11(2)18)9-17-15(19)12(3)20-14-6-4-5-13(16)8-14/h4-6,8,10-12,18H,7,9H2,1-3H3,(H,17,19). The van der Waals surface area contributed by atoms with Crippen LogP contribution in [-0.2, 0) is 4.79 Å². The van der Waals surface area contributed by atoms with Gasteiger partial charge in [-0.1, -0.05) is 28.9 Å². The van der Waals surface area contributed by atoms with Gasteiger partial charge in [0.15, 0.2) is 6.10 Å². The monoisotopic (exact) mass is 343 g/mol. The van der Waals surface area contributed by atoms with Gasteiger partial charge in [0.1, 0.15) is 5.75 Å². The fourth-order valence-corrected chi connectivity index (χ4v) is 2.26. The number of carbonyl (C=O) groups is 1. The summed E-state index contributed by atoms with van der Waals surface area (Å²) in [6, 6.07) is 7.38. The Balaban J connectivity index is 2.39. The number of nitrogens with one attached hydrogen (secondary N) is 1. The lowest BCUT2D eigenvalue weighted by molar-refractivity contribution is -0.127. The summed E-state index contributed by atoms with van der Waals surface area (Å²) >= 11 is 3.36. The number of rotatable bonds is 7. The van der Waals surface area contributed by atoms with Crippen LogP contribution in [0.4, 0.5) is 0 Å². The molecule has 2 N–H and O–H groups in total. The van der Waals surface area contributed by atoms with E-state index >= 15 is 0 Å². The summed E-state index contributed by atoms with van der Waals surface area (Å²) in [5.74, 6) is 0.735.